The average Bonchev–Trinajstić information content (AvgIpc) is 2.46. The summed E-state index contributed by atoms with van der Waals surface area (Å²) in [5.74, 6) is 0.790. The molecule has 0 atom stereocenters. The van der Waals surface area contributed by atoms with Crippen LogP contribution in [0, 0.1) is 0 Å². The third-order valence-corrected chi connectivity index (χ3v) is 4.10. The van der Waals surface area contributed by atoms with E-state index in [1.165, 1.54) is 0 Å². The number of urea groups is 1. The van der Waals surface area contributed by atoms with Crippen molar-refractivity contribution in [2.24, 2.45) is 0 Å². The van der Waals surface area contributed by atoms with Gasteiger partial charge in [-0.2, -0.15) is 0 Å². The van der Waals surface area contributed by atoms with Gasteiger partial charge in [-0.15, -0.1) is 0 Å². The van der Waals surface area contributed by atoms with E-state index in [1.54, 1.807) is 6.07 Å². The molecule has 0 unspecified atom stereocenters. The van der Waals surface area contributed by atoms with E-state index < -0.39 is 5.60 Å². The molecule has 122 valence electrons. The van der Waals surface area contributed by atoms with Crippen LogP contribution in [-0.4, -0.2) is 36.4 Å². The lowest BCUT2D eigenvalue weighted by atomic mass is 9.80. The maximum Gasteiger partial charge on any atom is 0.314 e. The number of carbonyl (C=O) groups excluding carboxylic acids is 1. The van der Waals surface area contributed by atoms with Crippen LogP contribution < -0.4 is 15.4 Å². The van der Waals surface area contributed by atoms with E-state index in [9.17, 15) is 9.90 Å². The predicted octanol–water partition coefficient (Wildman–Crippen LogP) is 2.50. The first-order valence-electron chi connectivity index (χ1n) is 7.68. The zero-order valence-electron chi connectivity index (χ0n) is 12.8. The Morgan fingerprint density at radius 3 is 2.82 bits per heavy atom. The number of hydrogen-bond donors (Lipinski definition) is 3. The van der Waals surface area contributed by atoms with Crippen LogP contribution in [0.1, 0.15) is 31.7 Å². The summed E-state index contributed by atoms with van der Waals surface area (Å²) in [6, 6.07) is 5.21. The van der Waals surface area contributed by atoms with Crippen LogP contribution in [0.2, 0.25) is 5.02 Å². The van der Waals surface area contributed by atoms with E-state index in [0.717, 1.165) is 30.6 Å². The molecule has 1 fully saturated rings. The molecule has 5 nitrogen and oxygen atoms in total. The number of hydrogen-bond acceptors (Lipinski definition) is 3. The molecule has 1 aromatic rings. The molecule has 0 aromatic heterocycles. The Hall–Kier alpha value is -1.46. The van der Waals surface area contributed by atoms with Gasteiger partial charge in [0.15, 0.2) is 0 Å². The molecule has 6 heteroatoms. The Labute approximate surface area is 136 Å². The van der Waals surface area contributed by atoms with Crippen LogP contribution >= 0.6 is 11.6 Å². The summed E-state index contributed by atoms with van der Waals surface area (Å²) < 4.78 is 5.54. The summed E-state index contributed by atoms with van der Waals surface area (Å²) in [5.41, 5.74) is 0.263. The van der Waals surface area contributed by atoms with Crippen LogP contribution in [0.25, 0.3) is 0 Å². The maximum atomic E-state index is 11.7. The van der Waals surface area contributed by atoms with Gasteiger partial charge in [0.25, 0.3) is 0 Å². The summed E-state index contributed by atoms with van der Waals surface area (Å²) >= 11 is 6.00. The highest BCUT2D eigenvalue weighted by molar-refractivity contribution is 6.30. The first kappa shape index (κ1) is 16.9. The molecule has 0 saturated heterocycles. The van der Waals surface area contributed by atoms with Gasteiger partial charge in [-0.05, 0) is 56.4 Å². The van der Waals surface area contributed by atoms with Crippen LogP contribution in [0.3, 0.4) is 0 Å². The van der Waals surface area contributed by atoms with E-state index in [-0.39, 0.29) is 6.03 Å². The lowest BCUT2D eigenvalue weighted by Crippen LogP contribution is -2.50. The Bertz CT molecular complexity index is 518. The van der Waals surface area contributed by atoms with Crippen molar-refractivity contribution < 1.29 is 14.6 Å². The van der Waals surface area contributed by atoms with Crippen LogP contribution in [0.15, 0.2) is 18.2 Å². The zero-order valence-corrected chi connectivity index (χ0v) is 13.6. The number of benzene rings is 1. The quantitative estimate of drug-likeness (QED) is 0.721. The zero-order chi connectivity index (χ0) is 16.0. The van der Waals surface area contributed by atoms with Gasteiger partial charge in [0, 0.05) is 18.1 Å². The molecule has 1 aromatic carbocycles. The molecule has 2 amide bonds. The molecule has 1 aliphatic carbocycles. The second-order valence-corrected chi connectivity index (χ2v) is 6.06. The van der Waals surface area contributed by atoms with Crippen molar-refractivity contribution in [3.8, 4) is 5.75 Å². The summed E-state index contributed by atoms with van der Waals surface area (Å²) in [5, 5.41) is 16.0. The molecule has 1 saturated carbocycles. The minimum atomic E-state index is -0.702. The van der Waals surface area contributed by atoms with Gasteiger partial charge in [0.2, 0.25) is 0 Å². The maximum absolute atomic E-state index is 11.7. The summed E-state index contributed by atoms with van der Waals surface area (Å²) in [6.45, 7) is 3.29. The summed E-state index contributed by atoms with van der Waals surface area (Å²) in [7, 11) is 0. The first-order valence-corrected chi connectivity index (χ1v) is 8.05. The minimum absolute atomic E-state index is 0.264. The van der Waals surface area contributed by atoms with Crippen molar-refractivity contribution in [3.63, 3.8) is 0 Å². The highest BCUT2D eigenvalue weighted by Crippen LogP contribution is 2.30. The number of nitrogens with one attached hydrogen (secondary N) is 2. The standard InChI is InChI=1S/C16H23ClN2O3/c1-2-22-14-5-4-13(17)10-12(14)6-9-18-15(20)19-11-16(21)7-3-8-16/h4-5,10,21H,2-3,6-9,11H2,1H3,(H2,18,19,20). The van der Waals surface area contributed by atoms with E-state index in [1.807, 2.05) is 19.1 Å². The van der Waals surface area contributed by atoms with E-state index in [0.29, 0.717) is 31.1 Å². The molecule has 0 bridgehead atoms. The van der Waals surface area contributed by atoms with Gasteiger partial charge >= 0.3 is 6.03 Å². The molecule has 2 rings (SSSR count). The molecule has 0 radical (unpaired) electrons. The molecule has 22 heavy (non-hydrogen) atoms. The van der Waals surface area contributed by atoms with E-state index >= 15 is 0 Å². The fourth-order valence-electron chi connectivity index (χ4n) is 2.42. The van der Waals surface area contributed by atoms with Crippen molar-refractivity contribution in [1.29, 1.82) is 0 Å². The highest BCUT2D eigenvalue weighted by atomic mass is 35.5. The van der Waals surface area contributed by atoms with Crippen LogP contribution in [0.4, 0.5) is 4.79 Å². The Morgan fingerprint density at radius 2 is 2.18 bits per heavy atom. The van der Waals surface area contributed by atoms with Gasteiger partial charge in [-0.25, -0.2) is 4.79 Å². The largest absolute Gasteiger partial charge is 0.494 e. The van der Waals surface area contributed by atoms with Crippen molar-refractivity contribution in [2.45, 2.75) is 38.2 Å². The molecule has 3 N–H and O–H groups in total. The number of amides is 2. The topological polar surface area (TPSA) is 70.6 Å². The molecular weight excluding hydrogens is 304 g/mol. The highest BCUT2D eigenvalue weighted by Gasteiger charge is 2.34. The van der Waals surface area contributed by atoms with Crippen molar-refractivity contribution in [1.82, 2.24) is 10.6 Å². The molecule has 1 aliphatic rings. The fraction of sp³-hybridized carbons (Fsp3) is 0.562. The predicted molar refractivity (Wildman–Crippen MR) is 86.5 cm³/mol. The van der Waals surface area contributed by atoms with E-state index in [2.05, 4.69) is 10.6 Å². The van der Waals surface area contributed by atoms with Gasteiger partial charge < -0.3 is 20.5 Å². The number of carbonyl (C=O) groups is 1. The lowest BCUT2D eigenvalue weighted by molar-refractivity contribution is -0.0290. The van der Waals surface area contributed by atoms with Gasteiger partial charge in [-0.3, -0.25) is 0 Å². The van der Waals surface area contributed by atoms with Crippen LogP contribution in [-0.2, 0) is 6.42 Å². The van der Waals surface area contributed by atoms with Gasteiger partial charge in [-0.1, -0.05) is 11.6 Å². The number of aliphatic hydroxyl groups is 1. The van der Waals surface area contributed by atoms with Crippen LogP contribution in [0.5, 0.6) is 5.75 Å². The monoisotopic (exact) mass is 326 g/mol. The number of halogens is 1. The third kappa shape index (κ3) is 4.78. The van der Waals surface area contributed by atoms with Crippen molar-refractivity contribution in [3.05, 3.63) is 28.8 Å². The normalized spacial score (nSPS) is 15.8. The second kappa shape index (κ2) is 7.70. The van der Waals surface area contributed by atoms with Crippen molar-refractivity contribution >= 4 is 17.6 Å². The van der Waals surface area contributed by atoms with Gasteiger partial charge in [0.05, 0.1) is 12.2 Å². The average molecular weight is 327 g/mol. The summed E-state index contributed by atoms with van der Waals surface area (Å²) in [4.78, 5) is 11.7. The third-order valence-electron chi connectivity index (χ3n) is 3.86. The summed E-state index contributed by atoms with van der Waals surface area (Å²) in [6.07, 6.45) is 3.17. The Balaban J connectivity index is 1.75. The lowest BCUT2D eigenvalue weighted by Gasteiger charge is -2.36. The fourth-order valence-corrected chi connectivity index (χ4v) is 2.61. The Morgan fingerprint density at radius 1 is 1.41 bits per heavy atom. The van der Waals surface area contributed by atoms with Crippen molar-refractivity contribution in [2.75, 3.05) is 19.7 Å². The number of rotatable bonds is 7. The smallest absolute Gasteiger partial charge is 0.314 e. The van der Waals surface area contributed by atoms with Gasteiger partial charge in [0.1, 0.15) is 5.75 Å². The second-order valence-electron chi connectivity index (χ2n) is 5.62. The molecular formula is C16H23ClN2O3. The van der Waals surface area contributed by atoms with E-state index in [4.69, 9.17) is 16.3 Å². The minimum Gasteiger partial charge on any atom is -0.494 e. The Kier molecular flexibility index (Phi) is 5.91. The molecule has 0 spiro atoms. The first-order chi connectivity index (χ1) is 10.5. The number of ether oxygens (including phenoxy) is 1. The SMILES string of the molecule is CCOc1ccc(Cl)cc1CCNC(=O)NCC1(O)CCC1. The molecule has 0 aliphatic heterocycles. The molecule has 0 heterocycles.